The molecule has 2 atom stereocenters. The first-order valence-corrected chi connectivity index (χ1v) is 14.6. The molecule has 3 rings (SSSR count). The summed E-state index contributed by atoms with van der Waals surface area (Å²) >= 11 is 6.04. The summed E-state index contributed by atoms with van der Waals surface area (Å²) < 4.78 is 42.0. The second-order valence-corrected chi connectivity index (χ2v) is 11.5. The van der Waals surface area contributed by atoms with E-state index in [1.54, 1.807) is 37.3 Å². The second kappa shape index (κ2) is 13.6. The Hall–Kier alpha value is -3.43. The Balaban J connectivity index is 2.03. The highest BCUT2D eigenvalue weighted by atomic mass is 35.5. The molecule has 0 aromatic heterocycles. The lowest BCUT2D eigenvalue weighted by molar-refractivity contribution is -0.140. The molecule has 0 saturated carbocycles. The van der Waals surface area contributed by atoms with E-state index in [1.807, 2.05) is 13.8 Å². The fraction of sp³-hybridized carbons (Fsp3) is 0.310. The maximum absolute atomic E-state index is 13.9. The Kier molecular flexibility index (Phi) is 10.5. The summed E-state index contributed by atoms with van der Waals surface area (Å²) in [5, 5.41) is 3.33. The maximum atomic E-state index is 13.9. The van der Waals surface area contributed by atoms with Crippen molar-refractivity contribution in [2.24, 2.45) is 0 Å². The van der Waals surface area contributed by atoms with Crippen molar-refractivity contribution < 1.29 is 22.4 Å². The van der Waals surface area contributed by atoms with Gasteiger partial charge in [0.2, 0.25) is 11.8 Å². The molecule has 1 N–H and O–H groups in total. The summed E-state index contributed by atoms with van der Waals surface area (Å²) in [6.45, 7) is 5.01. The van der Waals surface area contributed by atoms with Gasteiger partial charge in [-0.3, -0.25) is 13.9 Å². The number of rotatable bonds is 12. The summed E-state index contributed by atoms with van der Waals surface area (Å²) in [7, 11) is -4.16. The van der Waals surface area contributed by atoms with Gasteiger partial charge in [0.25, 0.3) is 10.0 Å². The van der Waals surface area contributed by atoms with Crippen molar-refractivity contribution >= 4 is 39.1 Å². The van der Waals surface area contributed by atoms with Crippen molar-refractivity contribution in [3.8, 4) is 0 Å². The topological polar surface area (TPSA) is 86.8 Å². The number of amides is 2. The molecule has 0 aliphatic heterocycles. The summed E-state index contributed by atoms with van der Waals surface area (Å²) in [5.74, 6) is -1.35. The van der Waals surface area contributed by atoms with Crippen LogP contribution in [0.1, 0.15) is 39.2 Å². The molecule has 0 aliphatic rings. The number of carbonyl (C=O) groups is 2. The van der Waals surface area contributed by atoms with Crippen LogP contribution in [0.15, 0.2) is 83.8 Å². The lowest BCUT2D eigenvalue weighted by atomic mass is 10.1. The van der Waals surface area contributed by atoms with Crippen LogP contribution in [0, 0.1) is 5.82 Å². The van der Waals surface area contributed by atoms with Crippen LogP contribution in [0.4, 0.5) is 10.1 Å². The zero-order chi connectivity index (χ0) is 28.6. The molecule has 2 amide bonds. The molecule has 7 nitrogen and oxygen atoms in total. The van der Waals surface area contributed by atoms with Crippen LogP contribution in [0.5, 0.6) is 0 Å². The molecule has 0 aliphatic carbocycles. The summed E-state index contributed by atoms with van der Waals surface area (Å²) in [4.78, 5) is 28.5. The van der Waals surface area contributed by atoms with E-state index < -0.39 is 34.3 Å². The fourth-order valence-corrected chi connectivity index (χ4v) is 5.56. The molecule has 0 radical (unpaired) electrons. The van der Waals surface area contributed by atoms with E-state index in [2.05, 4.69) is 5.32 Å². The molecule has 0 unspecified atom stereocenters. The number of carbonyl (C=O) groups excluding carboxylic acids is 2. The normalized spacial score (nSPS) is 12.8. The quantitative estimate of drug-likeness (QED) is 0.314. The van der Waals surface area contributed by atoms with Gasteiger partial charge in [-0.25, -0.2) is 12.8 Å². The van der Waals surface area contributed by atoms with E-state index >= 15 is 0 Å². The average molecular weight is 574 g/mol. The van der Waals surface area contributed by atoms with Crippen LogP contribution in [0.25, 0.3) is 0 Å². The monoisotopic (exact) mass is 573 g/mol. The fourth-order valence-electron chi connectivity index (χ4n) is 4.00. The first-order valence-electron chi connectivity index (χ1n) is 12.7. The zero-order valence-electron chi connectivity index (χ0n) is 22.2. The molecule has 0 heterocycles. The third kappa shape index (κ3) is 7.80. The Morgan fingerprint density at radius 3 is 2.10 bits per heavy atom. The molecule has 0 fully saturated rings. The van der Waals surface area contributed by atoms with Gasteiger partial charge in [0.15, 0.2) is 0 Å². The number of benzene rings is 3. The Morgan fingerprint density at radius 1 is 0.923 bits per heavy atom. The Labute approximate surface area is 234 Å². The van der Waals surface area contributed by atoms with Gasteiger partial charge in [-0.15, -0.1) is 0 Å². The highest BCUT2D eigenvalue weighted by molar-refractivity contribution is 7.92. The first kappa shape index (κ1) is 30.1. The molecule has 3 aromatic carbocycles. The minimum Gasteiger partial charge on any atom is -0.352 e. The first-order chi connectivity index (χ1) is 18.6. The molecule has 3 aromatic rings. The van der Waals surface area contributed by atoms with Crippen LogP contribution < -0.4 is 9.62 Å². The van der Waals surface area contributed by atoms with Gasteiger partial charge in [0.05, 0.1) is 10.6 Å². The van der Waals surface area contributed by atoms with Gasteiger partial charge in [-0.2, -0.15) is 0 Å². The smallest absolute Gasteiger partial charge is 0.264 e. The summed E-state index contributed by atoms with van der Waals surface area (Å²) in [6.07, 6.45) is 0.995. The zero-order valence-corrected chi connectivity index (χ0v) is 23.8. The number of hydrogen-bond donors (Lipinski definition) is 1. The van der Waals surface area contributed by atoms with Gasteiger partial charge in [0, 0.05) is 17.6 Å². The van der Waals surface area contributed by atoms with Gasteiger partial charge in [-0.1, -0.05) is 55.8 Å². The molecule has 0 spiro atoms. The highest BCUT2D eigenvalue weighted by Crippen LogP contribution is 2.26. The number of anilines is 1. The van der Waals surface area contributed by atoms with Crippen molar-refractivity contribution in [1.29, 1.82) is 0 Å². The third-order valence-electron chi connectivity index (χ3n) is 6.38. The number of sulfonamides is 1. The van der Waals surface area contributed by atoms with Crippen molar-refractivity contribution in [3.05, 3.63) is 95.3 Å². The van der Waals surface area contributed by atoms with E-state index in [-0.39, 0.29) is 29.1 Å². The lowest BCUT2D eigenvalue weighted by Gasteiger charge is -2.33. The van der Waals surface area contributed by atoms with Crippen LogP contribution in [0.2, 0.25) is 5.02 Å². The van der Waals surface area contributed by atoms with E-state index in [0.29, 0.717) is 23.4 Å². The number of hydrogen-bond acceptors (Lipinski definition) is 4. The molecule has 0 saturated heterocycles. The lowest BCUT2D eigenvalue weighted by Crippen LogP contribution is -2.53. The van der Waals surface area contributed by atoms with Gasteiger partial charge in [0.1, 0.15) is 18.4 Å². The van der Waals surface area contributed by atoms with Crippen molar-refractivity contribution in [3.63, 3.8) is 0 Å². The minimum absolute atomic E-state index is 0.00854. The third-order valence-corrected chi connectivity index (χ3v) is 8.42. The SMILES string of the molecule is CC[C@@H](C)NC(=O)[C@H](CC)N(Cc1ccc(F)cc1)C(=O)CN(c1ccc(Cl)cc1)S(=O)(=O)c1ccccc1. The standard InChI is InChI=1S/C29H33ClFN3O4S/c1-4-21(3)32-29(36)27(5-2)33(19-22-11-15-24(31)16-12-22)28(35)20-34(25-17-13-23(30)14-18-25)39(37,38)26-9-7-6-8-10-26/h6-18,21,27H,4-5,19-20H2,1-3H3,(H,32,36)/t21-,27+/m1/s1. The average Bonchev–Trinajstić information content (AvgIpc) is 2.93. The summed E-state index contributed by atoms with van der Waals surface area (Å²) in [6, 6.07) is 18.6. The predicted molar refractivity (Wildman–Crippen MR) is 151 cm³/mol. The molecule has 208 valence electrons. The minimum atomic E-state index is -4.16. The maximum Gasteiger partial charge on any atom is 0.264 e. The number of nitrogens with one attached hydrogen (secondary N) is 1. The van der Waals surface area contributed by atoms with Crippen molar-refractivity contribution in [2.75, 3.05) is 10.8 Å². The van der Waals surface area contributed by atoms with E-state index in [4.69, 9.17) is 11.6 Å². The van der Waals surface area contributed by atoms with Crippen molar-refractivity contribution in [1.82, 2.24) is 10.2 Å². The number of nitrogens with zero attached hydrogens (tertiary/aromatic N) is 2. The predicted octanol–water partition coefficient (Wildman–Crippen LogP) is 5.40. The van der Waals surface area contributed by atoms with Crippen LogP contribution >= 0.6 is 11.6 Å². The van der Waals surface area contributed by atoms with Crippen LogP contribution in [0.3, 0.4) is 0 Å². The van der Waals surface area contributed by atoms with Crippen LogP contribution in [-0.4, -0.2) is 43.8 Å². The van der Waals surface area contributed by atoms with E-state index in [1.165, 1.54) is 53.4 Å². The Morgan fingerprint density at radius 2 is 1.54 bits per heavy atom. The van der Waals surface area contributed by atoms with Gasteiger partial charge >= 0.3 is 0 Å². The van der Waals surface area contributed by atoms with Crippen LogP contribution in [-0.2, 0) is 26.2 Å². The van der Waals surface area contributed by atoms with Gasteiger partial charge in [-0.05, 0) is 73.9 Å². The summed E-state index contributed by atoms with van der Waals surface area (Å²) in [5.41, 5.74) is 0.846. The molecule has 10 heteroatoms. The highest BCUT2D eigenvalue weighted by Gasteiger charge is 2.33. The number of halogens is 2. The largest absolute Gasteiger partial charge is 0.352 e. The van der Waals surface area contributed by atoms with E-state index in [9.17, 15) is 22.4 Å². The van der Waals surface area contributed by atoms with E-state index in [0.717, 1.165) is 4.31 Å². The second-order valence-electron chi connectivity index (χ2n) is 9.19. The molecular weight excluding hydrogens is 541 g/mol. The van der Waals surface area contributed by atoms with Crippen molar-refractivity contribution in [2.45, 2.75) is 57.1 Å². The van der Waals surface area contributed by atoms with Gasteiger partial charge < -0.3 is 10.2 Å². The molecular formula is C29H33ClFN3O4S. The molecule has 39 heavy (non-hydrogen) atoms. The molecule has 0 bridgehead atoms. The Bertz CT molecular complexity index is 1350.